The molecule has 0 radical (unpaired) electrons. The Morgan fingerprint density at radius 2 is 2.14 bits per heavy atom. The maximum absolute atomic E-state index is 12.3. The van der Waals surface area contributed by atoms with E-state index in [2.05, 4.69) is 21.2 Å². The normalized spacial score (nSPS) is 18.7. The molecule has 0 bridgehead atoms. The van der Waals surface area contributed by atoms with Gasteiger partial charge >= 0.3 is 6.18 Å². The standard InChI is InChI=1S/C14H14BrF3N2O2/c1-8-2-3-10(5-11(8)15)19-13(22)9-4-12(21)20(6-9)7-14(16,17)18/h2-3,5,9H,4,6-7H2,1H3,(H,19,22). The van der Waals surface area contributed by atoms with E-state index in [1.807, 2.05) is 6.92 Å². The third kappa shape index (κ3) is 4.22. The lowest BCUT2D eigenvalue weighted by Gasteiger charge is -2.18. The second kappa shape index (κ2) is 6.28. The van der Waals surface area contributed by atoms with Gasteiger partial charge in [-0.15, -0.1) is 0 Å². The predicted molar refractivity (Wildman–Crippen MR) is 78.3 cm³/mol. The van der Waals surface area contributed by atoms with Gasteiger partial charge in [0.05, 0.1) is 5.92 Å². The lowest BCUT2D eigenvalue weighted by molar-refractivity contribution is -0.157. The second-order valence-corrected chi connectivity index (χ2v) is 6.10. The number of carbonyl (C=O) groups is 2. The van der Waals surface area contributed by atoms with Crippen LogP contribution in [0.15, 0.2) is 22.7 Å². The fraction of sp³-hybridized carbons (Fsp3) is 0.429. The molecule has 8 heteroatoms. The Labute approximate surface area is 133 Å². The van der Waals surface area contributed by atoms with Crippen LogP contribution in [0.3, 0.4) is 0 Å². The number of hydrogen-bond acceptors (Lipinski definition) is 2. The smallest absolute Gasteiger partial charge is 0.333 e. The zero-order valence-corrected chi connectivity index (χ0v) is 13.3. The van der Waals surface area contributed by atoms with Gasteiger partial charge in [-0.2, -0.15) is 13.2 Å². The molecule has 1 aliphatic heterocycles. The van der Waals surface area contributed by atoms with Crippen molar-refractivity contribution >= 4 is 33.4 Å². The summed E-state index contributed by atoms with van der Waals surface area (Å²) in [6, 6.07) is 5.20. The number of benzene rings is 1. The molecule has 0 spiro atoms. The molecule has 2 amide bonds. The number of alkyl halides is 3. The molecule has 4 nitrogen and oxygen atoms in total. The van der Waals surface area contributed by atoms with E-state index in [0.717, 1.165) is 10.0 Å². The van der Waals surface area contributed by atoms with E-state index in [4.69, 9.17) is 0 Å². The van der Waals surface area contributed by atoms with Gasteiger partial charge in [0.15, 0.2) is 0 Å². The van der Waals surface area contributed by atoms with Crippen molar-refractivity contribution in [1.29, 1.82) is 0 Å². The molecule has 1 unspecified atom stereocenters. The average molecular weight is 379 g/mol. The topological polar surface area (TPSA) is 49.4 Å². The van der Waals surface area contributed by atoms with Crippen molar-refractivity contribution in [2.75, 3.05) is 18.4 Å². The van der Waals surface area contributed by atoms with Gasteiger partial charge in [0.1, 0.15) is 6.54 Å². The number of carbonyl (C=O) groups excluding carboxylic acids is 2. The summed E-state index contributed by atoms with van der Waals surface area (Å²) in [7, 11) is 0. The summed E-state index contributed by atoms with van der Waals surface area (Å²) < 4.78 is 37.8. The third-order valence-corrected chi connectivity index (χ3v) is 4.25. The van der Waals surface area contributed by atoms with Gasteiger partial charge in [0.25, 0.3) is 0 Å². The van der Waals surface area contributed by atoms with Crippen molar-refractivity contribution in [1.82, 2.24) is 4.90 Å². The zero-order valence-electron chi connectivity index (χ0n) is 11.7. The van der Waals surface area contributed by atoms with E-state index in [1.165, 1.54) is 0 Å². The summed E-state index contributed by atoms with van der Waals surface area (Å²) in [5, 5.41) is 2.63. The molecule has 1 aromatic carbocycles. The summed E-state index contributed by atoms with van der Waals surface area (Å²) in [4.78, 5) is 24.3. The molecule has 22 heavy (non-hydrogen) atoms. The molecular weight excluding hydrogens is 365 g/mol. The molecule has 2 rings (SSSR count). The van der Waals surface area contributed by atoms with Crippen molar-refractivity contribution in [2.45, 2.75) is 19.5 Å². The number of rotatable bonds is 3. The minimum atomic E-state index is -4.46. The van der Waals surface area contributed by atoms with Crippen LogP contribution in [0.4, 0.5) is 18.9 Å². The summed E-state index contributed by atoms with van der Waals surface area (Å²) in [5.74, 6) is -1.87. The van der Waals surface area contributed by atoms with Crippen LogP contribution in [0.2, 0.25) is 0 Å². The van der Waals surface area contributed by atoms with Crippen LogP contribution in [0.5, 0.6) is 0 Å². The number of nitrogens with one attached hydrogen (secondary N) is 1. The van der Waals surface area contributed by atoms with E-state index < -0.39 is 30.5 Å². The van der Waals surface area contributed by atoms with Crippen LogP contribution in [0.1, 0.15) is 12.0 Å². The van der Waals surface area contributed by atoms with Crippen LogP contribution < -0.4 is 5.32 Å². The lowest BCUT2D eigenvalue weighted by atomic mass is 10.1. The molecule has 1 N–H and O–H groups in total. The third-order valence-electron chi connectivity index (χ3n) is 3.39. The number of aryl methyl sites for hydroxylation is 1. The number of amides is 2. The first kappa shape index (κ1) is 16.8. The molecule has 0 aromatic heterocycles. The Morgan fingerprint density at radius 3 is 2.73 bits per heavy atom. The second-order valence-electron chi connectivity index (χ2n) is 5.24. The molecular formula is C14H14BrF3N2O2. The van der Waals surface area contributed by atoms with Gasteiger partial charge in [0, 0.05) is 23.1 Å². The molecule has 0 saturated carbocycles. The Bertz CT molecular complexity index is 604. The fourth-order valence-electron chi connectivity index (χ4n) is 2.23. The highest BCUT2D eigenvalue weighted by atomic mass is 79.9. The Morgan fingerprint density at radius 1 is 1.45 bits per heavy atom. The highest BCUT2D eigenvalue weighted by molar-refractivity contribution is 9.10. The van der Waals surface area contributed by atoms with Gasteiger partial charge < -0.3 is 10.2 Å². The average Bonchev–Trinajstić information content (AvgIpc) is 2.73. The van der Waals surface area contributed by atoms with Gasteiger partial charge in [0.2, 0.25) is 11.8 Å². The van der Waals surface area contributed by atoms with E-state index in [9.17, 15) is 22.8 Å². The van der Waals surface area contributed by atoms with Crippen LogP contribution in [0, 0.1) is 12.8 Å². The predicted octanol–water partition coefficient (Wildman–Crippen LogP) is 3.11. The van der Waals surface area contributed by atoms with Crippen LogP contribution in [-0.2, 0) is 9.59 Å². The largest absolute Gasteiger partial charge is 0.406 e. The van der Waals surface area contributed by atoms with E-state index in [1.54, 1.807) is 18.2 Å². The SMILES string of the molecule is Cc1ccc(NC(=O)C2CC(=O)N(CC(F)(F)F)C2)cc1Br. The first-order valence-electron chi connectivity index (χ1n) is 6.57. The van der Waals surface area contributed by atoms with Crippen molar-refractivity contribution in [3.05, 3.63) is 28.2 Å². The molecule has 1 fully saturated rings. The van der Waals surface area contributed by atoms with Crippen LogP contribution in [0.25, 0.3) is 0 Å². The van der Waals surface area contributed by atoms with Crippen molar-refractivity contribution in [3.8, 4) is 0 Å². The zero-order chi connectivity index (χ0) is 16.5. The lowest BCUT2D eigenvalue weighted by Crippen LogP contribution is -2.36. The van der Waals surface area contributed by atoms with Crippen LogP contribution >= 0.6 is 15.9 Å². The summed E-state index contributed by atoms with van der Waals surface area (Å²) in [6.45, 7) is 0.364. The molecule has 1 aliphatic rings. The van der Waals surface area contributed by atoms with Crippen molar-refractivity contribution in [3.63, 3.8) is 0 Å². The molecule has 120 valence electrons. The minimum absolute atomic E-state index is 0.199. The number of nitrogens with zero attached hydrogens (tertiary/aromatic N) is 1. The van der Waals surface area contributed by atoms with Gasteiger partial charge in [-0.25, -0.2) is 0 Å². The first-order chi connectivity index (χ1) is 10.2. The molecule has 0 aliphatic carbocycles. The molecule has 1 atom stereocenters. The minimum Gasteiger partial charge on any atom is -0.333 e. The van der Waals surface area contributed by atoms with Crippen molar-refractivity contribution < 1.29 is 22.8 Å². The van der Waals surface area contributed by atoms with Gasteiger partial charge in [-0.1, -0.05) is 22.0 Å². The number of hydrogen-bond donors (Lipinski definition) is 1. The Balaban J connectivity index is 1.99. The van der Waals surface area contributed by atoms with Gasteiger partial charge in [-0.05, 0) is 24.6 Å². The summed E-state index contributed by atoms with van der Waals surface area (Å²) in [5.41, 5.74) is 1.52. The summed E-state index contributed by atoms with van der Waals surface area (Å²) in [6.07, 6.45) is -4.65. The quantitative estimate of drug-likeness (QED) is 0.878. The van der Waals surface area contributed by atoms with Crippen LogP contribution in [-0.4, -0.2) is 36.0 Å². The fourth-order valence-corrected chi connectivity index (χ4v) is 2.61. The maximum Gasteiger partial charge on any atom is 0.406 e. The number of anilines is 1. The maximum atomic E-state index is 12.3. The Kier molecular flexibility index (Phi) is 4.79. The molecule has 1 saturated heterocycles. The van der Waals surface area contributed by atoms with Gasteiger partial charge in [-0.3, -0.25) is 9.59 Å². The number of halogens is 4. The molecule has 1 heterocycles. The van der Waals surface area contributed by atoms with E-state index in [-0.39, 0.29) is 13.0 Å². The summed E-state index contributed by atoms with van der Waals surface area (Å²) >= 11 is 3.33. The van der Waals surface area contributed by atoms with E-state index >= 15 is 0 Å². The highest BCUT2D eigenvalue weighted by Gasteiger charge is 2.40. The molecule has 1 aromatic rings. The first-order valence-corrected chi connectivity index (χ1v) is 7.36. The highest BCUT2D eigenvalue weighted by Crippen LogP contribution is 2.26. The number of likely N-dealkylation sites (tertiary alicyclic amines) is 1. The van der Waals surface area contributed by atoms with E-state index in [0.29, 0.717) is 10.6 Å². The van der Waals surface area contributed by atoms with Crippen molar-refractivity contribution in [2.24, 2.45) is 5.92 Å². The monoisotopic (exact) mass is 378 g/mol. The Hall–Kier alpha value is -1.57.